The van der Waals surface area contributed by atoms with Gasteiger partial charge in [-0.1, -0.05) is 18.2 Å². The highest BCUT2D eigenvalue weighted by atomic mass is 19.4. The summed E-state index contributed by atoms with van der Waals surface area (Å²) in [5.74, 6) is -0.624. The van der Waals surface area contributed by atoms with Crippen molar-refractivity contribution in [3.63, 3.8) is 0 Å². The Hall–Kier alpha value is -2.31. The Morgan fingerprint density at radius 3 is 2.67 bits per heavy atom. The van der Waals surface area contributed by atoms with Gasteiger partial charge in [-0.25, -0.2) is 4.98 Å². The summed E-state index contributed by atoms with van der Waals surface area (Å²) >= 11 is 0. The molecule has 0 atom stereocenters. The summed E-state index contributed by atoms with van der Waals surface area (Å²) in [6.07, 6.45) is -5.36. The molecule has 0 spiro atoms. The van der Waals surface area contributed by atoms with Crippen LogP contribution < -0.4 is 10.6 Å². The number of anilines is 1. The number of carbonyl (C=O) groups excluding carboxylic acids is 1. The fourth-order valence-corrected chi connectivity index (χ4v) is 1.91. The second-order valence-electron chi connectivity index (χ2n) is 4.44. The first-order valence-corrected chi connectivity index (χ1v) is 6.33. The molecule has 112 valence electrons. The number of fused-ring (bicyclic) bond motifs is 1. The second kappa shape index (κ2) is 5.99. The van der Waals surface area contributed by atoms with Gasteiger partial charge in [-0.05, 0) is 12.1 Å². The van der Waals surface area contributed by atoms with Crippen molar-refractivity contribution in [1.29, 1.82) is 0 Å². The molecule has 1 aromatic carbocycles. The smallest absolute Gasteiger partial charge is 0.388 e. The highest BCUT2D eigenvalue weighted by Crippen LogP contribution is 2.23. The summed E-state index contributed by atoms with van der Waals surface area (Å²) in [5, 5.41) is 6.01. The molecule has 0 radical (unpaired) electrons. The molecule has 7 heteroatoms. The minimum absolute atomic E-state index is 0.0835. The van der Waals surface area contributed by atoms with Crippen LogP contribution in [0.25, 0.3) is 10.9 Å². The van der Waals surface area contributed by atoms with E-state index in [1.54, 1.807) is 19.2 Å². The SMILES string of the molecule is CNc1cc(C(=O)NCCC(F)(F)F)nc2ccccc12. The van der Waals surface area contributed by atoms with Crippen molar-refractivity contribution in [1.82, 2.24) is 10.3 Å². The van der Waals surface area contributed by atoms with Crippen LogP contribution in [0.1, 0.15) is 16.9 Å². The largest absolute Gasteiger partial charge is 0.390 e. The Kier molecular flexibility index (Phi) is 4.30. The minimum atomic E-state index is -4.29. The lowest BCUT2D eigenvalue weighted by molar-refractivity contribution is -0.132. The normalized spacial score (nSPS) is 11.4. The van der Waals surface area contributed by atoms with E-state index >= 15 is 0 Å². The number of hydrogen-bond acceptors (Lipinski definition) is 3. The summed E-state index contributed by atoms with van der Waals surface area (Å²) in [7, 11) is 1.70. The lowest BCUT2D eigenvalue weighted by Crippen LogP contribution is -2.28. The number of hydrogen-bond donors (Lipinski definition) is 2. The Labute approximate surface area is 119 Å². The lowest BCUT2D eigenvalue weighted by Gasteiger charge is -2.10. The third-order valence-electron chi connectivity index (χ3n) is 2.91. The Morgan fingerprint density at radius 2 is 2.00 bits per heavy atom. The average Bonchev–Trinajstić information content (AvgIpc) is 2.44. The third-order valence-corrected chi connectivity index (χ3v) is 2.91. The second-order valence-corrected chi connectivity index (χ2v) is 4.44. The molecular formula is C14H14F3N3O. The van der Waals surface area contributed by atoms with Crippen LogP contribution in [0.15, 0.2) is 30.3 Å². The van der Waals surface area contributed by atoms with E-state index in [1.807, 2.05) is 12.1 Å². The van der Waals surface area contributed by atoms with Gasteiger partial charge in [0.2, 0.25) is 0 Å². The summed E-state index contributed by atoms with van der Waals surface area (Å²) in [6, 6.07) is 8.72. The Balaban J connectivity index is 2.20. The predicted octanol–water partition coefficient (Wildman–Crippen LogP) is 2.96. The number of benzene rings is 1. The summed E-state index contributed by atoms with van der Waals surface area (Å²) < 4.78 is 36.2. The van der Waals surface area contributed by atoms with E-state index in [4.69, 9.17) is 0 Å². The van der Waals surface area contributed by atoms with Crippen molar-refractivity contribution in [2.24, 2.45) is 0 Å². The molecule has 0 bridgehead atoms. The van der Waals surface area contributed by atoms with Crippen LogP contribution in [0, 0.1) is 0 Å². The number of amides is 1. The van der Waals surface area contributed by atoms with Gasteiger partial charge < -0.3 is 10.6 Å². The fourth-order valence-electron chi connectivity index (χ4n) is 1.91. The zero-order valence-corrected chi connectivity index (χ0v) is 11.3. The van der Waals surface area contributed by atoms with Crippen LogP contribution in [0.4, 0.5) is 18.9 Å². The molecular weight excluding hydrogens is 283 g/mol. The number of halogens is 3. The highest BCUT2D eigenvalue weighted by molar-refractivity contribution is 5.99. The molecule has 2 N–H and O–H groups in total. The molecule has 21 heavy (non-hydrogen) atoms. The van der Waals surface area contributed by atoms with Crippen LogP contribution in [-0.2, 0) is 0 Å². The van der Waals surface area contributed by atoms with Crippen LogP contribution in [0.3, 0.4) is 0 Å². The number of rotatable bonds is 4. The maximum atomic E-state index is 12.1. The van der Waals surface area contributed by atoms with Crippen molar-refractivity contribution in [3.05, 3.63) is 36.0 Å². The molecule has 2 rings (SSSR count). The summed E-state index contributed by atoms with van der Waals surface area (Å²) in [4.78, 5) is 16.0. The number of aromatic nitrogens is 1. The zero-order chi connectivity index (χ0) is 15.5. The van der Waals surface area contributed by atoms with Crippen molar-refractivity contribution in [2.45, 2.75) is 12.6 Å². The van der Waals surface area contributed by atoms with Gasteiger partial charge in [0, 0.05) is 24.7 Å². The maximum absolute atomic E-state index is 12.1. The molecule has 0 fully saturated rings. The third kappa shape index (κ3) is 3.84. The van der Waals surface area contributed by atoms with Gasteiger partial charge in [-0.2, -0.15) is 13.2 Å². The van der Waals surface area contributed by atoms with E-state index in [-0.39, 0.29) is 5.69 Å². The monoisotopic (exact) mass is 297 g/mol. The quantitative estimate of drug-likeness (QED) is 0.912. The Bertz CT molecular complexity index is 655. The maximum Gasteiger partial charge on any atom is 0.390 e. The summed E-state index contributed by atoms with van der Waals surface area (Å²) in [6.45, 7) is -0.467. The molecule has 1 aromatic heterocycles. The molecule has 4 nitrogen and oxygen atoms in total. The molecule has 2 aromatic rings. The standard InChI is InChI=1S/C14H14F3N3O/c1-18-11-8-12(13(21)19-7-6-14(15,16)17)20-10-5-3-2-4-9(10)11/h2-5,8H,6-7H2,1H3,(H,18,20)(H,19,21). The van der Waals surface area contributed by atoms with Crippen LogP contribution in [0.2, 0.25) is 0 Å². The molecule has 0 saturated carbocycles. The topological polar surface area (TPSA) is 54.0 Å². The molecule has 0 aliphatic carbocycles. The number of nitrogens with zero attached hydrogens (tertiary/aromatic N) is 1. The van der Waals surface area contributed by atoms with E-state index in [9.17, 15) is 18.0 Å². The van der Waals surface area contributed by atoms with Crippen LogP contribution >= 0.6 is 0 Å². The number of nitrogens with one attached hydrogen (secondary N) is 2. The van der Waals surface area contributed by atoms with Crippen LogP contribution in [0.5, 0.6) is 0 Å². The number of carbonyl (C=O) groups is 1. The summed E-state index contributed by atoms with van der Waals surface area (Å²) in [5.41, 5.74) is 1.38. The average molecular weight is 297 g/mol. The van der Waals surface area contributed by atoms with Crippen LogP contribution in [-0.4, -0.2) is 30.7 Å². The minimum Gasteiger partial charge on any atom is -0.388 e. The molecule has 1 heterocycles. The van der Waals surface area contributed by atoms with Gasteiger partial charge in [0.05, 0.1) is 11.9 Å². The van der Waals surface area contributed by atoms with Gasteiger partial charge in [0.15, 0.2) is 0 Å². The van der Waals surface area contributed by atoms with Gasteiger partial charge in [-0.15, -0.1) is 0 Å². The first kappa shape index (κ1) is 15.1. The van der Waals surface area contributed by atoms with E-state index in [2.05, 4.69) is 15.6 Å². The van der Waals surface area contributed by atoms with E-state index in [1.165, 1.54) is 6.07 Å². The zero-order valence-electron chi connectivity index (χ0n) is 11.3. The fraction of sp³-hybridized carbons (Fsp3) is 0.286. The molecule has 0 unspecified atom stereocenters. The molecule has 0 aliphatic rings. The number of alkyl halides is 3. The molecule has 1 amide bonds. The predicted molar refractivity (Wildman–Crippen MR) is 74.3 cm³/mol. The van der Waals surface area contributed by atoms with E-state index in [0.717, 1.165) is 5.39 Å². The van der Waals surface area contributed by atoms with Crippen molar-refractivity contribution in [2.75, 3.05) is 18.9 Å². The van der Waals surface area contributed by atoms with Gasteiger partial charge in [0.25, 0.3) is 5.91 Å². The van der Waals surface area contributed by atoms with Gasteiger partial charge in [0.1, 0.15) is 5.69 Å². The highest BCUT2D eigenvalue weighted by Gasteiger charge is 2.26. The van der Waals surface area contributed by atoms with Gasteiger partial charge >= 0.3 is 6.18 Å². The van der Waals surface area contributed by atoms with Crippen molar-refractivity contribution >= 4 is 22.5 Å². The number of para-hydroxylation sites is 1. The Morgan fingerprint density at radius 1 is 1.29 bits per heavy atom. The van der Waals surface area contributed by atoms with Crippen molar-refractivity contribution < 1.29 is 18.0 Å². The number of pyridine rings is 1. The van der Waals surface area contributed by atoms with E-state index in [0.29, 0.717) is 11.2 Å². The lowest BCUT2D eigenvalue weighted by atomic mass is 10.1. The first-order valence-electron chi connectivity index (χ1n) is 6.33. The molecule has 0 aliphatic heterocycles. The molecule has 0 saturated heterocycles. The van der Waals surface area contributed by atoms with Gasteiger partial charge in [-0.3, -0.25) is 4.79 Å². The van der Waals surface area contributed by atoms with Crippen molar-refractivity contribution in [3.8, 4) is 0 Å². The van der Waals surface area contributed by atoms with E-state index < -0.39 is 25.0 Å². The first-order chi connectivity index (χ1) is 9.90.